The second-order valence-electron chi connectivity index (χ2n) is 5.39. The summed E-state index contributed by atoms with van der Waals surface area (Å²) in [7, 11) is 0. The molecule has 0 bridgehead atoms. The molecule has 22 heavy (non-hydrogen) atoms. The summed E-state index contributed by atoms with van der Waals surface area (Å²) in [5.74, 6) is 2.11. The molecule has 0 unspecified atom stereocenters. The van der Waals surface area contributed by atoms with Crippen LogP contribution >= 0.6 is 11.8 Å². The number of thioether (sulfide) groups is 1. The zero-order valence-corrected chi connectivity index (χ0v) is 13.3. The van der Waals surface area contributed by atoms with E-state index in [1.54, 1.807) is 6.20 Å². The maximum Gasteiger partial charge on any atom is 0.168 e. The zero-order chi connectivity index (χ0) is 14.9. The third-order valence-electron chi connectivity index (χ3n) is 3.72. The van der Waals surface area contributed by atoms with Crippen LogP contribution in [0.1, 0.15) is 24.7 Å². The lowest BCUT2D eigenvalue weighted by atomic mass is 10.2. The van der Waals surface area contributed by atoms with Crippen molar-refractivity contribution in [3.8, 4) is 0 Å². The van der Waals surface area contributed by atoms with E-state index in [2.05, 4.69) is 44.1 Å². The van der Waals surface area contributed by atoms with Crippen LogP contribution in [0.5, 0.6) is 0 Å². The van der Waals surface area contributed by atoms with Gasteiger partial charge < -0.3 is 9.88 Å². The van der Waals surface area contributed by atoms with Crippen molar-refractivity contribution < 1.29 is 0 Å². The molecule has 114 valence electrons. The van der Waals surface area contributed by atoms with Crippen molar-refractivity contribution in [1.82, 2.24) is 24.1 Å². The lowest BCUT2D eigenvalue weighted by Gasteiger charge is -2.09. The van der Waals surface area contributed by atoms with Crippen molar-refractivity contribution >= 4 is 23.2 Å². The number of nitrogens with one attached hydrogen (secondary N) is 1. The van der Waals surface area contributed by atoms with E-state index in [1.807, 2.05) is 22.3 Å². The highest BCUT2D eigenvalue weighted by Crippen LogP contribution is 2.24. The molecule has 0 spiro atoms. The van der Waals surface area contributed by atoms with Crippen molar-refractivity contribution in [3.63, 3.8) is 0 Å². The Balaban J connectivity index is 1.58. The number of hydrogen-bond acceptors (Lipinski definition) is 5. The van der Waals surface area contributed by atoms with Gasteiger partial charge in [-0.1, -0.05) is 25.1 Å². The van der Waals surface area contributed by atoms with Crippen molar-refractivity contribution in [2.24, 2.45) is 0 Å². The molecule has 0 amide bonds. The van der Waals surface area contributed by atoms with Gasteiger partial charge in [0, 0.05) is 36.3 Å². The van der Waals surface area contributed by atoms with Crippen LogP contribution in [0.15, 0.2) is 29.7 Å². The quantitative estimate of drug-likeness (QED) is 0.784. The Labute approximate surface area is 133 Å². The highest BCUT2D eigenvalue weighted by molar-refractivity contribution is 7.99. The van der Waals surface area contributed by atoms with Gasteiger partial charge in [0.15, 0.2) is 10.8 Å². The van der Waals surface area contributed by atoms with Crippen LogP contribution in [0.3, 0.4) is 0 Å². The van der Waals surface area contributed by atoms with Gasteiger partial charge in [-0.15, -0.1) is 0 Å². The fraction of sp³-hybridized carbons (Fsp3) is 0.400. The minimum absolute atomic E-state index is 0.700. The first-order chi connectivity index (χ1) is 10.8. The van der Waals surface area contributed by atoms with Crippen LogP contribution < -0.4 is 5.32 Å². The second kappa shape index (κ2) is 5.64. The number of aryl methyl sites for hydroxylation is 2. The number of fused-ring (bicyclic) bond motifs is 2. The Morgan fingerprint density at radius 2 is 2.27 bits per heavy atom. The van der Waals surface area contributed by atoms with Gasteiger partial charge in [-0.05, 0) is 6.42 Å². The Hall–Kier alpha value is -2.02. The van der Waals surface area contributed by atoms with E-state index in [-0.39, 0.29) is 0 Å². The molecule has 0 atom stereocenters. The van der Waals surface area contributed by atoms with Crippen LogP contribution in [-0.2, 0) is 19.5 Å². The summed E-state index contributed by atoms with van der Waals surface area (Å²) in [6.45, 7) is 3.93. The average Bonchev–Trinajstić information content (AvgIpc) is 3.20. The number of imidazole rings is 1. The van der Waals surface area contributed by atoms with E-state index in [4.69, 9.17) is 0 Å². The molecule has 1 N–H and O–H groups in total. The minimum Gasteiger partial charge on any atom is -0.364 e. The van der Waals surface area contributed by atoms with Crippen LogP contribution in [0.2, 0.25) is 0 Å². The first kappa shape index (κ1) is 13.6. The summed E-state index contributed by atoms with van der Waals surface area (Å²) in [5, 5.41) is 8.92. The van der Waals surface area contributed by atoms with Gasteiger partial charge in [0.25, 0.3) is 0 Å². The lowest BCUT2D eigenvalue weighted by Crippen LogP contribution is -2.08. The maximum atomic E-state index is 4.65. The zero-order valence-electron chi connectivity index (χ0n) is 12.5. The van der Waals surface area contributed by atoms with Crippen LogP contribution in [0.25, 0.3) is 5.65 Å². The number of rotatable bonds is 5. The highest BCUT2D eigenvalue weighted by atomic mass is 32.2. The Morgan fingerprint density at radius 1 is 1.32 bits per heavy atom. The average molecular weight is 314 g/mol. The van der Waals surface area contributed by atoms with Gasteiger partial charge in [-0.2, -0.15) is 9.61 Å². The first-order valence-electron chi connectivity index (χ1n) is 7.60. The molecule has 0 radical (unpaired) electrons. The van der Waals surface area contributed by atoms with Crippen molar-refractivity contribution in [2.45, 2.75) is 38.0 Å². The molecule has 0 fully saturated rings. The third-order valence-corrected chi connectivity index (χ3v) is 4.69. The van der Waals surface area contributed by atoms with Crippen LogP contribution in [-0.4, -0.2) is 29.9 Å². The summed E-state index contributed by atoms with van der Waals surface area (Å²) in [6, 6.07) is 4.02. The molecule has 0 saturated heterocycles. The van der Waals surface area contributed by atoms with Gasteiger partial charge >= 0.3 is 0 Å². The Kier molecular flexibility index (Phi) is 3.49. The molecular formula is C15H18N6S. The predicted octanol–water partition coefficient (Wildman–Crippen LogP) is 2.60. The molecule has 3 aromatic rings. The second-order valence-corrected chi connectivity index (χ2v) is 6.46. The number of anilines is 1. The number of aromatic nitrogens is 5. The monoisotopic (exact) mass is 314 g/mol. The van der Waals surface area contributed by atoms with Crippen LogP contribution in [0.4, 0.5) is 5.82 Å². The van der Waals surface area contributed by atoms with Crippen molar-refractivity contribution in [1.29, 1.82) is 0 Å². The number of hydrogen-bond donors (Lipinski definition) is 1. The molecule has 3 aromatic heterocycles. The molecule has 6 nitrogen and oxygen atoms in total. The molecule has 4 rings (SSSR count). The fourth-order valence-corrected chi connectivity index (χ4v) is 3.67. The van der Waals surface area contributed by atoms with Gasteiger partial charge in [0.2, 0.25) is 0 Å². The smallest absolute Gasteiger partial charge is 0.168 e. The maximum absolute atomic E-state index is 4.65. The molecule has 1 aliphatic rings. The summed E-state index contributed by atoms with van der Waals surface area (Å²) in [5.41, 5.74) is 3.05. The summed E-state index contributed by atoms with van der Waals surface area (Å²) in [6.07, 6.45) is 5.98. The van der Waals surface area contributed by atoms with Crippen molar-refractivity contribution in [3.05, 3.63) is 35.9 Å². The summed E-state index contributed by atoms with van der Waals surface area (Å²) < 4.78 is 4.07. The fourth-order valence-electron chi connectivity index (χ4n) is 2.70. The summed E-state index contributed by atoms with van der Waals surface area (Å²) in [4.78, 5) is 9.27. The van der Waals surface area contributed by atoms with Crippen molar-refractivity contribution in [2.75, 3.05) is 11.1 Å². The Bertz CT molecular complexity index is 784. The molecule has 4 heterocycles. The molecular weight excluding hydrogens is 296 g/mol. The highest BCUT2D eigenvalue weighted by Gasteiger charge is 2.14. The lowest BCUT2D eigenvalue weighted by molar-refractivity contribution is 0.719. The van der Waals surface area contributed by atoms with Gasteiger partial charge in [-0.3, -0.25) is 0 Å². The topological polar surface area (TPSA) is 60.0 Å². The van der Waals surface area contributed by atoms with E-state index in [1.165, 1.54) is 0 Å². The third kappa shape index (κ3) is 2.45. The van der Waals surface area contributed by atoms with Gasteiger partial charge in [-0.25, -0.2) is 9.97 Å². The summed E-state index contributed by atoms with van der Waals surface area (Å²) >= 11 is 1.82. The van der Waals surface area contributed by atoms with E-state index >= 15 is 0 Å². The molecule has 0 aliphatic carbocycles. The molecule has 1 aliphatic heterocycles. The van der Waals surface area contributed by atoms with E-state index in [0.717, 1.165) is 53.1 Å². The first-order valence-corrected chi connectivity index (χ1v) is 8.58. The molecule has 0 aromatic carbocycles. The van der Waals surface area contributed by atoms with Gasteiger partial charge in [0.05, 0.1) is 18.4 Å². The standard InChI is InChI=1S/C15H18N6S/c1-2-3-11-8-14(21-13(18-11)4-5-17-21)16-9-12-10-20-6-7-22-15(20)19-12/h4-5,8,10,16H,2-3,6-7,9H2,1H3. The normalized spacial score (nSPS) is 13.7. The largest absolute Gasteiger partial charge is 0.364 e. The van der Waals surface area contributed by atoms with Crippen LogP contribution in [0, 0.1) is 0 Å². The predicted molar refractivity (Wildman–Crippen MR) is 87.3 cm³/mol. The molecule has 7 heteroatoms. The van der Waals surface area contributed by atoms with E-state index in [9.17, 15) is 0 Å². The minimum atomic E-state index is 0.700. The van der Waals surface area contributed by atoms with E-state index in [0.29, 0.717) is 6.54 Å². The Morgan fingerprint density at radius 3 is 3.14 bits per heavy atom. The van der Waals surface area contributed by atoms with E-state index < -0.39 is 0 Å². The molecule has 0 saturated carbocycles. The van der Waals surface area contributed by atoms with Gasteiger partial charge in [0.1, 0.15) is 5.82 Å². The number of nitrogens with zero attached hydrogens (tertiary/aromatic N) is 5. The SMILES string of the molecule is CCCc1cc(NCc2cn3c(n2)SCC3)n2nccc2n1.